The minimum absolute atomic E-state index is 0.293. The van der Waals surface area contributed by atoms with Crippen molar-refractivity contribution in [2.24, 2.45) is 0 Å². The van der Waals surface area contributed by atoms with Crippen molar-refractivity contribution in [1.29, 1.82) is 0 Å². The average molecular weight is 268 g/mol. The molecule has 100 valence electrons. The van der Waals surface area contributed by atoms with Crippen molar-refractivity contribution in [2.75, 3.05) is 0 Å². The first-order valence-corrected chi connectivity index (χ1v) is 6.26. The van der Waals surface area contributed by atoms with Gasteiger partial charge in [-0.05, 0) is 27.9 Å². The summed E-state index contributed by atoms with van der Waals surface area (Å²) < 4.78 is 4.89. The summed E-state index contributed by atoms with van der Waals surface area (Å²) in [5.41, 5.74) is 1.15. The predicted molar refractivity (Wildman–Crippen MR) is 72.6 cm³/mol. The van der Waals surface area contributed by atoms with E-state index in [-0.39, 0.29) is 5.82 Å². The van der Waals surface area contributed by atoms with Crippen LogP contribution in [0.2, 0.25) is 0 Å². The molecule has 0 aliphatic rings. The Kier molecular flexibility index (Phi) is 3.16. The lowest BCUT2D eigenvalue weighted by Crippen LogP contribution is -1.99. The van der Waals surface area contributed by atoms with Gasteiger partial charge in [-0.3, -0.25) is 0 Å². The third kappa shape index (κ3) is 2.51. The molecule has 2 aromatic carbocycles. The monoisotopic (exact) mass is 268 g/mol. The second kappa shape index (κ2) is 5.13. The number of nitrogens with zero attached hydrogens (tertiary/aromatic N) is 2. The van der Waals surface area contributed by atoms with E-state index in [4.69, 9.17) is 9.63 Å². The first kappa shape index (κ1) is 12.3. The van der Waals surface area contributed by atoms with E-state index in [0.717, 1.165) is 12.0 Å². The molecule has 5 nitrogen and oxygen atoms in total. The van der Waals surface area contributed by atoms with Gasteiger partial charge < -0.3 is 9.63 Å². The number of carboxylic acid groups (broad SMARTS) is 1. The number of aromatic carboxylic acids is 1. The van der Waals surface area contributed by atoms with Crippen molar-refractivity contribution in [2.45, 2.75) is 12.8 Å². The van der Waals surface area contributed by atoms with Crippen LogP contribution in [-0.2, 0) is 12.8 Å². The number of rotatable bonds is 4. The Balaban J connectivity index is 1.74. The van der Waals surface area contributed by atoms with Gasteiger partial charge in [0.1, 0.15) is 0 Å². The standard InChI is InChI=1S/C15H12N2O3/c18-15(19)14-16-13(20-17-14)8-6-10-5-7-11-3-1-2-4-12(11)9-10/h1-5,7,9H,6,8H2,(H,18,19). The van der Waals surface area contributed by atoms with Gasteiger partial charge in [0.15, 0.2) is 0 Å². The highest BCUT2D eigenvalue weighted by atomic mass is 16.5. The van der Waals surface area contributed by atoms with Crippen LogP contribution in [0.4, 0.5) is 0 Å². The van der Waals surface area contributed by atoms with Crippen molar-refractivity contribution < 1.29 is 14.4 Å². The molecule has 0 aliphatic carbocycles. The molecule has 1 aromatic heterocycles. The third-order valence-electron chi connectivity index (χ3n) is 3.10. The van der Waals surface area contributed by atoms with Gasteiger partial charge in [-0.15, -0.1) is 0 Å². The molecule has 0 atom stereocenters. The fourth-order valence-corrected chi connectivity index (χ4v) is 2.09. The minimum atomic E-state index is -1.18. The van der Waals surface area contributed by atoms with Gasteiger partial charge in [-0.25, -0.2) is 4.79 Å². The molecule has 0 amide bonds. The second-order valence-corrected chi connectivity index (χ2v) is 4.50. The number of benzene rings is 2. The van der Waals surface area contributed by atoms with E-state index in [9.17, 15) is 4.79 Å². The first-order valence-electron chi connectivity index (χ1n) is 6.26. The summed E-state index contributed by atoms with van der Waals surface area (Å²) in [5.74, 6) is -1.13. The second-order valence-electron chi connectivity index (χ2n) is 4.50. The van der Waals surface area contributed by atoms with Crippen molar-refractivity contribution in [1.82, 2.24) is 10.1 Å². The van der Waals surface area contributed by atoms with Crippen LogP contribution in [0.3, 0.4) is 0 Å². The van der Waals surface area contributed by atoms with Gasteiger partial charge >= 0.3 is 5.97 Å². The Labute approximate surface area is 114 Å². The molecule has 0 aliphatic heterocycles. The van der Waals surface area contributed by atoms with E-state index >= 15 is 0 Å². The van der Waals surface area contributed by atoms with Gasteiger partial charge in [0.2, 0.25) is 5.89 Å². The fraction of sp³-hybridized carbons (Fsp3) is 0.133. The Hall–Kier alpha value is -2.69. The van der Waals surface area contributed by atoms with Gasteiger partial charge in [0.05, 0.1) is 0 Å². The molecule has 1 N–H and O–H groups in total. The Morgan fingerprint density at radius 2 is 1.90 bits per heavy atom. The molecule has 3 rings (SSSR count). The highest BCUT2D eigenvalue weighted by Gasteiger charge is 2.12. The number of aromatic nitrogens is 2. The number of carbonyl (C=O) groups is 1. The number of aryl methyl sites for hydroxylation is 2. The summed E-state index contributed by atoms with van der Waals surface area (Å²) in [6.07, 6.45) is 1.25. The van der Waals surface area contributed by atoms with Gasteiger partial charge in [-0.1, -0.05) is 42.5 Å². The van der Waals surface area contributed by atoms with Crippen molar-refractivity contribution in [3.05, 3.63) is 59.7 Å². The van der Waals surface area contributed by atoms with Crippen LogP contribution in [0.15, 0.2) is 47.0 Å². The zero-order valence-electron chi connectivity index (χ0n) is 10.6. The van der Waals surface area contributed by atoms with Crippen LogP contribution < -0.4 is 0 Å². The molecule has 3 aromatic rings. The average Bonchev–Trinajstić information content (AvgIpc) is 2.94. The zero-order valence-corrected chi connectivity index (χ0v) is 10.6. The van der Waals surface area contributed by atoms with Crippen LogP contribution in [-0.4, -0.2) is 21.2 Å². The number of hydrogen-bond donors (Lipinski definition) is 1. The number of hydrogen-bond acceptors (Lipinski definition) is 4. The minimum Gasteiger partial charge on any atom is -0.475 e. The Morgan fingerprint density at radius 3 is 2.65 bits per heavy atom. The van der Waals surface area contributed by atoms with Gasteiger partial charge in [0.25, 0.3) is 5.82 Å². The topological polar surface area (TPSA) is 76.2 Å². The third-order valence-corrected chi connectivity index (χ3v) is 3.10. The van der Waals surface area contributed by atoms with E-state index < -0.39 is 5.97 Å². The maximum absolute atomic E-state index is 10.6. The molecule has 0 bridgehead atoms. The summed E-state index contributed by atoms with van der Waals surface area (Å²) in [6, 6.07) is 14.4. The molecule has 0 saturated heterocycles. The lowest BCUT2D eigenvalue weighted by atomic mass is 10.0. The molecule has 0 spiro atoms. The fourth-order valence-electron chi connectivity index (χ4n) is 2.09. The van der Waals surface area contributed by atoms with Crippen LogP contribution in [0.1, 0.15) is 22.1 Å². The zero-order chi connectivity index (χ0) is 13.9. The van der Waals surface area contributed by atoms with Crippen molar-refractivity contribution >= 4 is 16.7 Å². The molecule has 0 unspecified atom stereocenters. The van der Waals surface area contributed by atoms with E-state index in [2.05, 4.69) is 40.5 Å². The first-order chi connectivity index (χ1) is 9.72. The quantitative estimate of drug-likeness (QED) is 0.787. The normalized spacial score (nSPS) is 10.8. The van der Waals surface area contributed by atoms with Crippen LogP contribution in [0.5, 0.6) is 0 Å². The summed E-state index contributed by atoms with van der Waals surface area (Å²) in [4.78, 5) is 14.5. The SMILES string of the molecule is O=C(O)c1noc(CCc2ccc3ccccc3c2)n1. The van der Waals surface area contributed by atoms with E-state index in [1.54, 1.807) is 0 Å². The lowest BCUT2D eigenvalue weighted by Gasteiger charge is -2.02. The van der Waals surface area contributed by atoms with Gasteiger partial charge in [-0.2, -0.15) is 4.98 Å². The van der Waals surface area contributed by atoms with Crippen molar-refractivity contribution in [3.8, 4) is 0 Å². The highest BCUT2D eigenvalue weighted by Crippen LogP contribution is 2.16. The summed E-state index contributed by atoms with van der Waals surface area (Å²) >= 11 is 0. The van der Waals surface area contributed by atoms with Crippen LogP contribution in [0.25, 0.3) is 10.8 Å². The highest BCUT2D eigenvalue weighted by molar-refractivity contribution is 5.83. The summed E-state index contributed by atoms with van der Waals surface area (Å²) in [6.45, 7) is 0. The lowest BCUT2D eigenvalue weighted by molar-refractivity contribution is 0.0680. The maximum atomic E-state index is 10.6. The van der Waals surface area contributed by atoms with E-state index in [0.29, 0.717) is 12.3 Å². The summed E-state index contributed by atoms with van der Waals surface area (Å²) in [7, 11) is 0. The van der Waals surface area contributed by atoms with Crippen LogP contribution >= 0.6 is 0 Å². The molecular formula is C15H12N2O3. The molecule has 0 saturated carbocycles. The van der Waals surface area contributed by atoms with Crippen LogP contribution in [0, 0.1) is 0 Å². The largest absolute Gasteiger partial charge is 0.475 e. The molecule has 5 heteroatoms. The number of fused-ring (bicyclic) bond motifs is 1. The Bertz CT molecular complexity index is 764. The molecule has 20 heavy (non-hydrogen) atoms. The molecule has 0 radical (unpaired) electrons. The molecule has 1 heterocycles. The Morgan fingerprint density at radius 1 is 1.10 bits per heavy atom. The maximum Gasteiger partial charge on any atom is 0.377 e. The van der Waals surface area contributed by atoms with Gasteiger partial charge in [0, 0.05) is 6.42 Å². The molecular weight excluding hydrogens is 256 g/mol. The van der Waals surface area contributed by atoms with E-state index in [1.807, 2.05) is 12.1 Å². The van der Waals surface area contributed by atoms with Crippen molar-refractivity contribution in [3.63, 3.8) is 0 Å². The number of carboxylic acids is 1. The summed E-state index contributed by atoms with van der Waals surface area (Å²) in [5, 5.41) is 14.5. The molecule has 0 fully saturated rings. The smallest absolute Gasteiger partial charge is 0.377 e. The predicted octanol–water partition coefficient (Wildman–Crippen LogP) is 2.71. The van der Waals surface area contributed by atoms with E-state index in [1.165, 1.54) is 10.8 Å².